The van der Waals surface area contributed by atoms with E-state index in [1.165, 1.54) is 11.8 Å². The highest BCUT2D eigenvalue weighted by molar-refractivity contribution is 7.99. The van der Waals surface area contributed by atoms with E-state index in [9.17, 15) is 0 Å². The minimum Gasteiger partial charge on any atom is -0.275 e. The number of pyridine rings is 1. The summed E-state index contributed by atoms with van der Waals surface area (Å²) in [6.45, 7) is 0. The monoisotopic (exact) mass is 359 g/mol. The Kier molecular flexibility index (Phi) is 3.42. The van der Waals surface area contributed by atoms with Gasteiger partial charge in [0.15, 0.2) is 5.65 Å². The average molecular weight is 359 g/mol. The summed E-state index contributed by atoms with van der Waals surface area (Å²) >= 11 is 1.53. The molecule has 0 radical (unpaired) electrons. The summed E-state index contributed by atoms with van der Waals surface area (Å²) in [4.78, 5) is 5.42. The van der Waals surface area contributed by atoms with Gasteiger partial charge < -0.3 is 0 Å². The van der Waals surface area contributed by atoms with Gasteiger partial charge in [-0.05, 0) is 42.1 Å². The first-order chi connectivity index (χ1) is 12.8. The van der Waals surface area contributed by atoms with Crippen molar-refractivity contribution in [2.45, 2.75) is 10.1 Å². The largest absolute Gasteiger partial charge is 0.275 e. The van der Waals surface area contributed by atoms with Crippen molar-refractivity contribution < 1.29 is 0 Å². The summed E-state index contributed by atoms with van der Waals surface area (Å²) in [6.07, 6.45) is 7.36. The maximum atomic E-state index is 4.51. The fraction of sp³-hybridized carbons (Fsp3) is 0.0556. The lowest BCUT2D eigenvalue weighted by atomic mass is 10.2. The third kappa shape index (κ3) is 2.60. The zero-order valence-corrected chi connectivity index (χ0v) is 14.6. The second-order valence-electron chi connectivity index (χ2n) is 5.86. The molecule has 0 N–H and O–H groups in total. The molecule has 0 aliphatic rings. The van der Waals surface area contributed by atoms with Crippen LogP contribution in [0.5, 0.6) is 0 Å². The van der Waals surface area contributed by atoms with E-state index >= 15 is 0 Å². The molecule has 0 fully saturated rings. The van der Waals surface area contributed by atoms with Crippen molar-refractivity contribution in [3.05, 3.63) is 61.2 Å². The van der Waals surface area contributed by atoms with E-state index in [0.717, 1.165) is 32.1 Å². The molecule has 0 atom stereocenters. The van der Waals surface area contributed by atoms with Crippen LogP contribution in [-0.2, 0) is 7.05 Å². The van der Waals surface area contributed by atoms with Crippen molar-refractivity contribution in [3.8, 4) is 11.1 Å². The number of hydrogen-bond acceptors (Lipinski definition) is 6. The third-order valence-corrected chi connectivity index (χ3v) is 4.98. The number of aromatic nitrogens is 7. The Morgan fingerprint density at radius 3 is 2.77 bits per heavy atom. The lowest BCUT2D eigenvalue weighted by Crippen LogP contribution is -1.94. The second-order valence-corrected chi connectivity index (χ2v) is 6.90. The molecule has 0 aliphatic carbocycles. The highest BCUT2D eigenvalue weighted by Gasteiger charge is 2.11. The molecule has 0 saturated heterocycles. The minimum atomic E-state index is 0.705. The van der Waals surface area contributed by atoms with Crippen molar-refractivity contribution >= 4 is 28.3 Å². The van der Waals surface area contributed by atoms with Crippen LogP contribution in [-0.4, -0.2) is 34.6 Å². The van der Waals surface area contributed by atoms with Crippen LogP contribution in [0.4, 0.5) is 0 Å². The van der Waals surface area contributed by atoms with Crippen LogP contribution in [0.1, 0.15) is 0 Å². The van der Waals surface area contributed by atoms with Crippen LogP contribution in [0.25, 0.3) is 27.7 Å². The molecule has 4 heterocycles. The lowest BCUT2D eigenvalue weighted by molar-refractivity contribution is 0.768. The smallest absolute Gasteiger partial charge is 0.217 e. The number of benzene rings is 1. The van der Waals surface area contributed by atoms with Crippen LogP contribution in [0.2, 0.25) is 0 Å². The Morgan fingerprint density at radius 2 is 1.88 bits per heavy atom. The van der Waals surface area contributed by atoms with Crippen LogP contribution in [0.15, 0.2) is 71.2 Å². The Morgan fingerprint density at radius 1 is 0.962 bits per heavy atom. The van der Waals surface area contributed by atoms with E-state index in [1.807, 2.05) is 56.0 Å². The summed E-state index contributed by atoms with van der Waals surface area (Å²) < 4.78 is 3.51. The first-order valence-electron chi connectivity index (χ1n) is 7.99. The summed E-state index contributed by atoms with van der Waals surface area (Å²) in [5, 5.41) is 19.1. The van der Waals surface area contributed by atoms with Gasteiger partial charge in [-0.2, -0.15) is 14.7 Å². The molecule has 1 aromatic carbocycles. The summed E-state index contributed by atoms with van der Waals surface area (Å²) in [7, 11) is 1.89. The van der Waals surface area contributed by atoms with E-state index in [0.29, 0.717) is 5.65 Å². The molecule has 0 aliphatic heterocycles. The molecule has 4 aromatic heterocycles. The maximum absolute atomic E-state index is 4.51. The third-order valence-electron chi connectivity index (χ3n) is 4.05. The quantitative estimate of drug-likeness (QED) is 0.492. The number of hydrogen-bond donors (Lipinski definition) is 0. The van der Waals surface area contributed by atoms with E-state index in [-0.39, 0.29) is 0 Å². The van der Waals surface area contributed by atoms with Crippen molar-refractivity contribution in [2.24, 2.45) is 7.05 Å². The van der Waals surface area contributed by atoms with Gasteiger partial charge in [0.1, 0.15) is 0 Å². The Balaban J connectivity index is 1.50. The lowest BCUT2D eigenvalue weighted by Gasteiger charge is -2.02. The van der Waals surface area contributed by atoms with Gasteiger partial charge in [-0.3, -0.25) is 9.67 Å². The predicted molar refractivity (Wildman–Crippen MR) is 98.9 cm³/mol. The number of nitrogens with zero attached hydrogens (tertiary/aromatic N) is 7. The Bertz CT molecular complexity index is 1240. The van der Waals surface area contributed by atoms with Gasteiger partial charge in [-0.25, -0.2) is 0 Å². The van der Waals surface area contributed by atoms with Crippen molar-refractivity contribution in [1.29, 1.82) is 0 Å². The van der Waals surface area contributed by atoms with E-state index < -0.39 is 0 Å². The van der Waals surface area contributed by atoms with Gasteiger partial charge in [0.05, 0.1) is 17.9 Å². The van der Waals surface area contributed by atoms with Crippen LogP contribution >= 0.6 is 11.8 Å². The highest BCUT2D eigenvalue weighted by Crippen LogP contribution is 2.29. The molecular weight excluding hydrogens is 346 g/mol. The Labute approximate surface area is 152 Å². The molecule has 0 amide bonds. The normalized spacial score (nSPS) is 11.4. The SMILES string of the molecule is Cn1cc(-c2cnn3c(Sc4ccc5ncccc5c4)nnc3c2)cn1. The van der Waals surface area contributed by atoms with E-state index in [2.05, 4.69) is 31.4 Å². The number of fused-ring (bicyclic) bond motifs is 2. The number of aryl methyl sites for hydroxylation is 1. The van der Waals surface area contributed by atoms with Gasteiger partial charge in [0.2, 0.25) is 5.16 Å². The molecular formula is C18H13N7S. The molecule has 0 bridgehead atoms. The second kappa shape index (κ2) is 5.92. The van der Waals surface area contributed by atoms with Crippen LogP contribution in [0.3, 0.4) is 0 Å². The van der Waals surface area contributed by atoms with Gasteiger partial charge in [0, 0.05) is 40.8 Å². The van der Waals surface area contributed by atoms with Gasteiger partial charge in [-0.15, -0.1) is 10.2 Å². The molecule has 5 rings (SSSR count). The zero-order chi connectivity index (χ0) is 17.5. The molecule has 0 saturated carbocycles. The summed E-state index contributed by atoms with van der Waals surface area (Å²) in [5.74, 6) is 0. The van der Waals surface area contributed by atoms with E-state index in [4.69, 9.17) is 0 Å². The maximum Gasteiger partial charge on any atom is 0.217 e. The topological polar surface area (TPSA) is 73.8 Å². The fourth-order valence-electron chi connectivity index (χ4n) is 2.79. The molecule has 26 heavy (non-hydrogen) atoms. The minimum absolute atomic E-state index is 0.705. The van der Waals surface area contributed by atoms with Gasteiger partial charge >= 0.3 is 0 Å². The summed E-state index contributed by atoms with van der Waals surface area (Å²) in [6, 6.07) is 12.1. The zero-order valence-electron chi connectivity index (χ0n) is 13.8. The van der Waals surface area contributed by atoms with E-state index in [1.54, 1.807) is 15.4 Å². The molecule has 126 valence electrons. The molecule has 0 spiro atoms. The van der Waals surface area contributed by atoms with Crippen molar-refractivity contribution in [2.75, 3.05) is 0 Å². The number of rotatable bonds is 3. The Hall–Kier alpha value is -3.26. The molecule has 0 unspecified atom stereocenters. The van der Waals surface area contributed by atoms with Gasteiger partial charge in [0.25, 0.3) is 0 Å². The molecule has 5 aromatic rings. The van der Waals surface area contributed by atoms with Crippen LogP contribution in [0, 0.1) is 0 Å². The van der Waals surface area contributed by atoms with Crippen molar-refractivity contribution in [3.63, 3.8) is 0 Å². The van der Waals surface area contributed by atoms with Gasteiger partial charge in [-0.1, -0.05) is 6.07 Å². The predicted octanol–water partition coefficient (Wildman–Crippen LogP) is 3.22. The first kappa shape index (κ1) is 15.0. The summed E-state index contributed by atoms with van der Waals surface area (Å²) in [5.41, 5.74) is 3.64. The molecule has 7 nitrogen and oxygen atoms in total. The molecule has 8 heteroatoms. The first-order valence-corrected chi connectivity index (χ1v) is 8.81. The fourth-order valence-corrected chi connectivity index (χ4v) is 3.63. The highest BCUT2D eigenvalue weighted by atomic mass is 32.2. The average Bonchev–Trinajstić information content (AvgIpc) is 3.28. The van der Waals surface area contributed by atoms with Crippen molar-refractivity contribution in [1.82, 2.24) is 34.6 Å². The standard InChI is InChI=1S/C18H13N7S/c1-24-11-14(10-20-24)13-8-17-22-23-18(25(17)21-9-13)26-15-4-5-16-12(7-15)3-2-6-19-16/h2-11H,1H3. The van der Waals surface area contributed by atoms with Crippen LogP contribution < -0.4 is 0 Å².